The number of hydrogen-bond donors (Lipinski definition) is 1. The number of ether oxygens (including phenoxy) is 1. The Balaban J connectivity index is 2.27. The molecular weight excluding hydrogens is 380 g/mol. The van der Waals surface area contributed by atoms with Gasteiger partial charge in [-0.2, -0.15) is 0 Å². The van der Waals surface area contributed by atoms with E-state index in [4.69, 9.17) is 4.74 Å². The van der Waals surface area contributed by atoms with E-state index < -0.39 is 35.3 Å². The molecular formula is C21H25F2N3O3. The van der Waals surface area contributed by atoms with Crippen LogP contribution in [0.1, 0.15) is 31.9 Å². The summed E-state index contributed by atoms with van der Waals surface area (Å²) in [5.74, 6) is -1.66. The molecule has 0 aliphatic rings. The quantitative estimate of drug-likeness (QED) is 0.822. The van der Waals surface area contributed by atoms with Crippen molar-refractivity contribution in [3.05, 3.63) is 59.3 Å². The smallest absolute Gasteiger partial charge is 0.408 e. The van der Waals surface area contributed by atoms with Crippen LogP contribution in [0.2, 0.25) is 0 Å². The molecule has 156 valence electrons. The highest BCUT2D eigenvalue weighted by molar-refractivity contribution is 5.97. The van der Waals surface area contributed by atoms with E-state index in [9.17, 15) is 18.4 Å². The molecule has 1 N–H and O–H groups in total. The van der Waals surface area contributed by atoms with Crippen molar-refractivity contribution in [2.45, 2.75) is 45.8 Å². The highest BCUT2D eigenvalue weighted by atomic mass is 19.1. The average Bonchev–Trinajstić information content (AvgIpc) is 2.58. The van der Waals surface area contributed by atoms with Gasteiger partial charge in [0.05, 0.1) is 0 Å². The predicted molar refractivity (Wildman–Crippen MR) is 106 cm³/mol. The minimum Gasteiger partial charge on any atom is -0.444 e. The number of aromatic nitrogens is 1. The van der Waals surface area contributed by atoms with Gasteiger partial charge in [0.1, 0.15) is 29.1 Å². The fourth-order valence-electron chi connectivity index (χ4n) is 2.62. The van der Waals surface area contributed by atoms with Crippen molar-refractivity contribution in [1.29, 1.82) is 0 Å². The van der Waals surface area contributed by atoms with Crippen LogP contribution in [0, 0.1) is 18.6 Å². The number of anilines is 1. The van der Waals surface area contributed by atoms with E-state index in [2.05, 4.69) is 10.3 Å². The average molecular weight is 405 g/mol. The van der Waals surface area contributed by atoms with Gasteiger partial charge in [-0.05, 0) is 57.0 Å². The number of halogens is 2. The van der Waals surface area contributed by atoms with Crippen LogP contribution in [0.5, 0.6) is 0 Å². The Morgan fingerprint density at radius 1 is 1.17 bits per heavy atom. The fourth-order valence-corrected chi connectivity index (χ4v) is 2.62. The second-order valence-corrected chi connectivity index (χ2v) is 7.77. The van der Waals surface area contributed by atoms with E-state index in [0.29, 0.717) is 5.82 Å². The Labute approximate surface area is 168 Å². The van der Waals surface area contributed by atoms with Crippen molar-refractivity contribution in [2.24, 2.45) is 0 Å². The highest BCUT2D eigenvalue weighted by Gasteiger charge is 2.28. The van der Waals surface area contributed by atoms with Crippen LogP contribution < -0.4 is 10.2 Å². The number of benzene rings is 1. The van der Waals surface area contributed by atoms with Gasteiger partial charge in [-0.15, -0.1) is 0 Å². The lowest BCUT2D eigenvalue weighted by Gasteiger charge is -2.26. The van der Waals surface area contributed by atoms with Crippen LogP contribution in [0.3, 0.4) is 0 Å². The van der Waals surface area contributed by atoms with Crippen LogP contribution in [0.15, 0.2) is 36.5 Å². The third-order valence-electron chi connectivity index (χ3n) is 3.92. The number of rotatable bonds is 5. The maximum Gasteiger partial charge on any atom is 0.408 e. The topological polar surface area (TPSA) is 71.5 Å². The number of pyridine rings is 1. The highest BCUT2D eigenvalue weighted by Crippen LogP contribution is 2.15. The number of amides is 2. The summed E-state index contributed by atoms with van der Waals surface area (Å²) in [7, 11) is 1.51. The standard InChI is InChI=1S/C21H25F2N3O3/c1-13-6-7-18(24-12-13)26(5)19(27)17(25-20(28)29-21(2,3)4)10-14-8-15(22)11-16(23)9-14/h6-9,11-12,17H,10H2,1-5H3,(H,25,28)/t17-/m0/s1. The first-order valence-electron chi connectivity index (χ1n) is 9.09. The lowest BCUT2D eigenvalue weighted by molar-refractivity contribution is -0.120. The summed E-state index contributed by atoms with van der Waals surface area (Å²) in [6.45, 7) is 6.93. The molecule has 8 heteroatoms. The maximum atomic E-state index is 13.6. The molecule has 0 saturated heterocycles. The fraction of sp³-hybridized carbons (Fsp3) is 0.381. The molecule has 0 fully saturated rings. The molecule has 0 aliphatic heterocycles. The van der Waals surface area contributed by atoms with Crippen LogP contribution in [0.4, 0.5) is 19.4 Å². The van der Waals surface area contributed by atoms with Gasteiger partial charge in [-0.3, -0.25) is 9.69 Å². The summed E-state index contributed by atoms with van der Waals surface area (Å²) < 4.78 is 32.4. The molecule has 0 aliphatic carbocycles. The van der Waals surface area contributed by atoms with Gasteiger partial charge in [0.25, 0.3) is 5.91 Å². The van der Waals surface area contributed by atoms with E-state index in [1.54, 1.807) is 39.1 Å². The van der Waals surface area contributed by atoms with Crippen molar-refractivity contribution in [1.82, 2.24) is 10.3 Å². The minimum absolute atomic E-state index is 0.122. The lowest BCUT2D eigenvalue weighted by atomic mass is 10.0. The van der Waals surface area contributed by atoms with E-state index in [0.717, 1.165) is 23.8 Å². The number of carbonyl (C=O) groups is 2. The Kier molecular flexibility index (Phi) is 6.89. The first-order chi connectivity index (χ1) is 13.4. The van der Waals surface area contributed by atoms with Crippen LogP contribution in [-0.2, 0) is 16.0 Å². The zero-order valence-corrected chi connectivity index (χ0v) is 17.1. The monoisotopic (exact) mass is 405 g/mol. The van der Waals surface area contributed by atoms with Gasteiger partial charge in [0.2, 0.25) is 0 Å². The summed E-state index contributed by atoms with van der Waals surface area (Å²) in [5, 5.41) is 2.50. The Morgan fingerprint density at radius 3 is 2.31 bits per heavy atom. The first-order valence-corrected chi connectivity index (χ1v) is 9.09. The molecule has 0 unspecified atom stereocenters. The van der Waals surface area contributed by atoms with Crippen molar-refractivity contribution in [2.75, 3.05) is 11.9 Å². The lowest BCUT2D eigenvalue weighted by Crippen LogP contribution is -2.50. The third kappa shape index (κ3) is 6.81. The summed E-state index contributed by atoms with van der Waals surface area (Å²) in [4.78, 5) is 30.7. The number of carbonyl (C=O) groups excluding carboxylic acids is 2. The van der Waals surface area contributed by atoms with Gasteiger partial charge in [0, 0.05) is 25.7 Å². The molecule has 0 saturated carbocycles. The van der Waals surface area contributed by atoms with Gasteiger partial charge < -0.3 is 10.1 Å². The molecule has 1 aromatic heterocycles. The van der Waals surface area contributed by atoms with Crippen LogP contribution in [-0.4, -0.2) is 35.7 Å². The molecule has 0 radical (unpaired) electrons. The predicted octanol–water partition coefficient (Wildman–Crippen LogP) is 3.77. The van der Waals surface area contributed by atoms with Crippen LogP contribution >= 0.6 is 0 Å². The molecule has 6 nitrogen and oxygen atoms in total. The molecule has 1 heterocycles. The van der Waals surface area contributed by atoms with E-state index in [1.807, 2.05) is 6.92 Å². The zero-order chi connectivity index (χ0) is 21.8. The molecule has 0 spiro atoms. The first kappa shape index (κ1) is 22.3. The Hall–Kier alpha value is -3.03. The molecule has 29 heavy (non-hydrogen) atoms. The second-order valence-electron chi connectivity index (χ2n) is 7.77. The normalized spacial score (nSPS) is 12.2. The second kappa shape index (κ2) is 8.98. The van der Waals surface area contributed by atoms with Gasteiger partial charge in [-0.1, -0.05) is 6.07 Å². The number of aryl methyl sites for hydroxylation is 1. The summed E-state index contributed by atoms with van der Waals surface area (Å²) in [5.41, 5.74) is 0.378. The largest absolute Gasteiger partial charge is 0.444 e. The zero-order valence-electron chi connectivity index (χ0n) is 17.1. The summed E-state index contributed by atoms with van der Waals surface area (Å²) >= 11 is 0. The summed E-state index contributed by atoms with van der Waals surface area (Å²) in [6.07, 6.45) is 0.679. The van der Waals surface area contributed by atoms with Crippen LogP contribution in [0.25, 0.3) is 0 Å². The molecule has 2 amide bonds. The Bertz CT molecular complexity index is 859. The number of hydrogen-bond acceptors (Lipinski definition) is 4. The maximum absolute atomic E-state index is 13.6. The number of likely N-dealkylation sites (N-methyl/N-ethyl adjacent to an activating group) is 1. The molecule has 2 aromatic rings. The van der Waals surface area contributed by atoms with Crippen molar-refractivity contribution >= 4 is 17.8 Å². The van der Waals surface area contributed by atoms with Crippen molar-refractivity contribution in [3.63, 3.8) is 0 Å². The van der Waals surface area contributed by atoms with E-state index >= 15 is 0 Å². The molecule has 1 aromatic carbocycles. The molecule has 0 bridgehead atoms. The number of nitrogens with one attached hydrogen (secondary N) is 1. The third-order valence-corrected chi connectivity index (χ3v) is 3.92. The SMILES string of the molecule is Cc1ccc(N(C)C(=O)[C@H](Cc2cc(F)cc(F)c2)NC(=O)OC(C)(C)C)nc1. The number of alkyl carbamates (subject to hydrolysis) is 1. The number of nitrogens with zero attached hydrogens (tertiary/aromatic N) is 2. The Morgan fingerprint density at radius 2 is 1.79 bits per heavy atom. The molecule has 1 atom stereocenters. The summed E-state index contributed by atoms with van der Waals surface area (Å²) in [6, 6.07) is 5.32. The molecule has 2 rings (SSSR count). The van der Waals surface area contributed by atoms with E-state index in [-0.39, 0.29) is 12.0 Å². The van der Waals surface area contributed by atoms with Crippen molar-refractivity contribution < 1.29 is 23.1 Å². The van der Waals surface area contributed by atoms with Gasteiger partial charge >= 0.3 is 6.09 Å². The minimum atomic E-state index is -1.11. The van der Waals surface area contributed by atoms with Gasteiger partial charge in [-0.25, -0.2) is 18.6 Å². The van der Waals surface area contributed by atoms with E-state index in [1.165, 1.54) is 11.9 Å². The van der Waals surface area contributed by atoms with Crippen molar-refractivity contribution in [3.8, 4) is 0 Å². The van der Waals surface area contributed by atoms with Gasteiger partial charge in [0.15, 0.2) is 0 Å².